The third kappa shape index (κ3) is 3.94. The first-order valence-corrected chi connectivity index (χ1v) is 7.91. The number of benzene rings is 1. The summed E-state index contributed by atoms with van der Waals surface area (Å²) in [6.45, 7) is 6.14. The van der Waals surface area contributed by atoms with Gasteiger partial charge in [-0.2, -0.15) is 0 Å². The number of fused-ring (bicyclic) bond motifs is 1. The van der Waals surface area contributed by atoms with E-state index in [2.05, 4.69) is 16.7 Å². The van der Waals surface area contributed by atoms with Gasteiger partial charge in [0.25, 0.3) is 0 Å². The Kier molecular flexibility index (Phi) is 5.05. The zero-order chi connectivity index (χ0) is 16.4. The summed E-state index contributed by atoms with van der Waals surface area (Å²) in [4.78, 5) is 2.31. The van der Waals surface area contributed by atoms with Gasteiger partial charge in [0.2, 0.25) is 0 Å². The topological polar surface area (TPSA) is 12.5 Å². The van der Waals surface area contributed by atoms with Gasteiger partial charge < -0.3 is 9.64 Å². The Morgan fingerprint density at radius 1 is 1.05 bits per heavy atom. The van der Waals surface area contributed by atoms with Crippen LogP contribution in [0.3, 0.4) is 0 Å². The van der Waals surface area contributed by atoms with Crippen LogP contribution in [-0.2, 0) is 12.8 Å². The second-order valence-electron chi connectivity index (χ2n) is 6.14. The summed E-state index contributed by atoms with van der Waals surface area (Å²) in [6, 6.07) is 4.79. The molecule has 0 radical (unpaired) electrons. The smallest absolute Gasteiger partial charge is 0.406 e. The van der Waals surface area contributed by atoms with E-state index >= 15 is 0 Å². The van der Waals surface area contributed by atoms with Crippen LogP contribution in [0.15, 0.2) is 18.2 Å². The lowest BCUT2D eigenvalue weighted by atomic mass is 9.76. The number of halogens is 3. The molecule has 5 heteroatoms. The summed E-state index contributed by atoms with van der Waals surface area (Å²) in [5.74, 6) is -0.0961. The molecule has 1 saturated heterocycles. The molecule has 0 bridgehead atoms. The molecule has 0 unspecified atom stereocenters. The maximum absolute atomic E-state index is 12.3. The summed E-state index contributed by atoms with van der Waals surface area (Å²) in [5.41, 5.74) is 2.46. The zero-order valence-corrected chi connectivity index (χ0v) is 13.5. The minimum Gasteiger partial charge on any atom is -0.406 e. The Labute approximate surface area is 130 Å². The molecule has 2 nitrogen and oxygen atoms in total. The standard InChI is InChI=1S/C15H18F3NO.C2H6/c1-19-6-4-14(5-7-19)9-11-2-3-13(8-12(11)10-14)20-15(16,17)18;1-2/h2-3,8H,4-7,9-10H2,1H3;1-2H3. The van der Waals surface area contributed by atoms with E-state index < -0.39 is 6.36 Å². The average molecular weight is 315 g/mol. The number of alkyl halides is 3. The van der Waals surface area contributed by atoms with Crippen LogP contribution in [0.25, 0.3) is 0 Å². The fourth-order valence-electron chi connectivity index (χ4n) is 3.45. The lowest BCUT2D eigenvalue weighted by Gasteiger charge is -2.37. The number of likely N-dealkylation sites (tertiary alicyclic amines) is 1. The van der Waals surface area contributed by atoms with Gasteiger partial charge >= 0.3 is 6.36 Å². The highest BCUT2D eigenvalue weighted by Crippen LogP contribution is 2.45. The van der Waals surface area contributed by atoms with Gasteiger partial charge in [-0.15, -0.1) is 13.2 Å². The molecule has 0 amide bonds. The van der Waals surface area contributed by atoms with Crippen molar-refractivity contribution >= 4 is 0 Å². The number of rotatable bonds is 1. The number of ether oxygens (including phenoxy) is 1. The van der Waals surface area contributed by atoms with Gasteiger partial charge in [-0.25, -0.2) is 0 Å². The second-order valence-corrected chi connectivity index (χ2v) is 6.14. The predicted molar refractivity (Wildman–Crippen MR) is 81.0 cm³/mol. The molecule has 2 aliphatic rings. The molecule has 1 heterocycles. The largest absolute Gasteiger partial charge is 0.573 e. The molecule has 1 aromatic rings. The van der Waals surface area contributed by atoms with Gasteiger partial charge in [-0.1, -0.05) is 19.9 Å². The van der Waals surface area contributed by atoms with E-state index in [1.54, 1.807) is 12.1 Å². The number of nitrogens with zero attached hydrogens (tertiary/aromatic N) is 1. The van der Waals surface area contributed by atoms with Crippen LogP contribution in [-0.4, -0.2) is 31.4 Å². The van der Waals surface area contributed by atoms with E-state index in [4.69, 9.17) is 0 Å². The van der Waals surface area contributed by atoms with Gasteiger partial charge in [0.1, 0.15) is 5.75 Å². The van der Waals surface area contributed by atoms with Crippen molar-refractivity contribution in [2.75, 3.05) is 20.1 Å². The Bertz CT molecular complexity index is 505. The highest BCUT2D eigenvalue weighted by atomic mass is 19.4. The molecule has 1 aliphatic heterocycles. The van der Waals surface area contributed by atoms with Crippen molar-refractivity contribution in [2.24, 2.45) is 5.41 Å². The lowest BCUT2D eigenvalue weighted by Crippen LogP contribution is -2.38. The first kappa shape index (κ1) is 17.1. The molecule has 0 N–H and O–H groups in total. The molecule has 124 valence electrons. The number of hydrogen-bond donors (Lipinski definition) is 0. The summed E-state index contributed by atoms with van der Waals surface area (Å²) in [6.07, 6.45) is -0.507. The van der Waals surface area contributed by atoms with Crippen LogP contribution in [0, 0.1) is 5.41 Å². The molecule has 0 atom stereocenters. The van der Waals surface area contributed by atoms with Crippen LogP contribution in [0.5, 0.6) is 5.75 Å². The minimum atomic E-state index is -4.61. The fourth-order valence-corrected chi connectivity index (χ4v) is 3.45. The van der Waals surface area contributed by atoms with E-state index in [-0.39, 0.29) is 11.2 Å². The van der Waals surface area contributed by atoms with Gasteiger partial charge in [0.15, 0.2) is 0 Å². The van der Waals surface area contributed by atoms with Crippen LogP contribution >= 0.6 is 0 Å². The van der Waals surface area contributed by atoms with Crippen molar-refractivity contribution < 1.29 is 17.9 Å². The molecule has 22 heavy (non-hydrogen) atoms. The SMILES string of the molecule is CC.CN1CCC2(CC1)Cc1ccc(OC(F)(F)F)cc1C2. The monoisotopic (exact) mass is 315 g/mol. The quantitative estimate of drug-likeness (QED) is 0.760. The Hall–Kier alpha value is -1.23. The minimum absolute atomic E-state index is 0.0961. The maximum Gasteiger partial charge on any atom is 0.573 e. The Morgan fingerprint density at radius 3 is 2.23 bits per heavy atom. The molecule has 3 rings (SSSR count). The number of piperidine rings is 1. The van der Waals surface area contributed by atoms with Crippen LogP contribution in [0.2, 0.25) is 0 Å². The number of hydrogen-bond acceptors (Lipinski definition) is 2. The Balaban J connectivity index is 0.000000847. The molecular formula is C17H24F3NO. The maximum atomic E-state index is 12.3. The normalized spacial score (nSPS) is 20.3. The molecule has 1 aliphatic carbocycles. The molecule has 1 fully saturated rings. The fraction of sp³-hybridized carbons (Fsp3) is 0.647. The molecule has 1 spiro atoms. The third-order valence-electron chi connectivity index (χ3n) is 4.59. The van der Waals surface area contributed by atoms with Gasteiger partial charge in [0.05, 0.1) is 0 Å². The molecule has 1 aromatic carbocycles. The summed E-state index contributed by atoms with van der Waals surface area (Å²) < 4.78 is 40.8. The van der Waals surface area contributed by atoms with E-state index in [0.717, 1.165) is 44.3 Å². The van der Waals surface area contributed by atoms with Gasteiger partial charge in [-0.05, 0) is 74.5 Å². The van der Waals surface area contributed by atoms with Gasteiger partial charge in [0, 0.05) is 0 Å². The van der Waals surface area contributed by atoms with Crippen molar-refractivity contribution in [1.29, 1.82) is 0 Å². The van der Waals surface area contributed by atoms with E-state index in [9.17, 15) is 13.2 Å². The summed E-state index contributed by atoms with van der Waals surface area (Å²) >= 11 is 0. The Morgan fingerprint density at radius 2 is 1.64 bits per heavy atom. The summed E-state index contributed by atoms with van der Waals surface area (Å²) in [7, 11) is 2.12. The highest BCUT2D eigenvalue weighted by Gasteiger charge is 2.39. The first-order valence-electron chi connectivity index (χ1n) is 7.91. The summed E-state index contributed by atoms with van der Waals surface area (Å²) in [5, 5.41) is 0. The lowest BCUT2D eigenvalue weighted by molar-refractivity contribution is -0.274. The van der Waals surface area contributed by atoms with Gasteiger partial charge in [-0.3, -0.25) is 0 Å². The van der Waals surface area contributed by atoms with E-state index in [0.29, 0.717) is 0 Å². The van der Waals surface area contributed by atoms with Crippen molar-refractivity contribution in [3.63, 3.8) is 0 Å². The predicted octanol–water partition coefficient (Wildman–Crippen LogP) is 4.42. The van der Waals surface area contributed by atoms with Crippen LogP contribution in [0.1, 0.15) is 37.8 Å². The average Bonchev–Trinajstić information content (AvgIpc) is 2.80. The van der Waals surface area contributed by atoms with Crippen molar-refractivity contribution in [3.8, 4) is 5.75 Å². The van der Waals surface area contributed by atoms with Crippen molar-refractivity contribution in [1.82, 2.24) is 4.90 Å². The first-order chi connectivity index (χ1) is 10.4. The van der Waals surface area contributed by atoms with Crippen LogP contribution in [0.4, 0.5) is 13.2 Å². The van der Waals surface area contributed by atoms with E-state index in [1.165, 1.54) is 11.6 Å². The van der Waals surface area contributed by atoms with E-state index in [1.807, 2.05) is 13.8 Å². The molecule has 0 saturated carbocycles. The van der Waals surface area contributed by atoms with Crippen LogP contribution < -0.4 is 4.74 Å². The third-order valence-corrected chi connectivity index (χ3v) is 4.59. The zero-order valence-electron chi connectivity index (χ0n) is 13.5. The molecule has 0 aromatic heterocycles. The highest BCUT2D eigenvalue weighted by molar-refractivity contribution is 5.40. The molecular weight excluding hydrogens is 291 g/mol. The van der Waals surface area contributed by atoms with Crippen molar-refractivity contribution in [2.45, 2.75) is 45.9 Å². The second kappa shape index (κ2) is 6.49. The van der Waals surface area contributed by atoms with Crippen molar-refractivity contribution in [3.05, 3.63) is 29.3 Å².